The summed E-state index contributed by atoms with van der Waals surface area (Å²) >= 11 is 1.04. The van der Waals surface area contributed by atoms with Crippen molar-refractivity contribution in [2.45, 2.75) is 42.9 Å². The van der Waals surface area contributed by atoms with Gasteiger partial charge in [0.25, 0.3) is 11.1 Å². The number of hydrogen-bond donors (Lipinski definition) is 2. The van der Waals surface area contributed by atoms with Gasteiger partial charge < -0.3 is 14.5 Å². The van der Waals surface area contributed by atoms with Crippen LogP contribution in [0.25, 0.3) is 0 Å². The molecule has 2 N–H and O–H groups in total. The monoisotopic (exact) mass is 380 g/mol. The summed E-state index contributed by atoms with van der Waals surface area (Å²) < 4.78 is 23.6. The van der Waals surface area contributed by atoms with Gasteiger partial charge in [-0.15, -0.1) is 10.2 Å². The molecule has 1 aromatic carbocycles. The topological polar surface area (TPSA) is 106 Å². The largest absolute Gasteiger partial charge is 0.484 e. The van der Waals surface area contributed by atoms with Gasteiger partial charge in [-0.1, -0.05) is 11.8 Å². The third-order valence-corrected chi connectivity index (χ3v) is 4.35. The van der Waals surface area contributed by atoms with Crippen molar-refractivity contribution in [3.8, 4) is 5.75 Å². The molecule has 3 amide bonds. The lowest BCUT2D eigenvalue weighted by Gasteiger charge is -2.09. The van der Waals surface area contributed by atoms with Crippen molar-refractivity contribution in [1.82, 2.24) is 20.8 Å². The smallest absolute Gasteiger partial charge is 0.321 e. The van der Waals surface area contributed by atoms with Gasteiger partial charge in [0.1, 0.15) is 11.6 Å². The lowest BCUT2D eigenvalue weighted by Crippen LogP contribution is -2.43. The zero-order valence-corrected chi connectivity index (χ0v) is 14.7. The Labute approximate surface area is 152 Å². The summed E-state index contributed by atoms with van der Waals surface area (Å²) in [5.74, 6) is -0.119. The van der Waals surface area contributed by atoms with Gasteiger partial charge in [-0.05, 0) is 44.0 Å². The molecule has 3 rings (SSSR count). The van der Waals surface area contributed by atoms with Crippen molar-refractivity contribution in [3.05, 3.63) is 36.0 Å². The number of ether oxygens (including phenoxy) is 1. The molecule has 0 aliphatic heterocycles. The summed E-state index contributed by atoms with van der Waals surface area (Å²) in [6.07, 6.45) is 1.88. The van der Waals surface area contributed by atoms with Crippen molar-refractivity contribution in [3.63, 3.8) is 0 Å². The fraction of sp³-hybridized carbons (Fsp3) is 0.375. The summed E-state index contributed by atoms with van der Waals surface area (Å²) in [5.41, 5.74) is 0. The van der Waals surface area contributed by atoms with E-state index in [9.17, 15) is 14.0 Å². The minimum absolute atomic E-state index is 0.0174. The van der Waals surface area contributed by atoms with Crippen molar-refractivity contribution in [2.24, 2.45) is 0 Å². The second-order valence-electron chi connectivity index (χ2n) is 5.70. The highest BCUT2D eigenvalue weighted by atomic mass is 32.2. The van der Waals surface area contributed by atoms with Crippen molar-refractivity contribution in [2.75, 3.05) is 0 Å². The first-order chi connectivity index (χ1) is 12.5. The van der Waals surface area contributed by atoms with Gasteiger partial charge in [0, 0.05) is 6.04 Å². The first-order valence-electron chi connectivity index (χ1n) is 7.98. The van der Waals surface area contributed by atoms with Crippen LogP contribution in [0.2, 0.25) is 0 Å². The molecule has 138 valence electrons. The summed E-state index contributed by atoms with van der Waals surface area (Å²) in [6.45, 7) is 1.65. The SMILES string of the molecule is CC(Sc1nnc(COc2ccc(F)cc2)o1)C(=O)NC(=O)NC1CC1. The average molecular weight is 380 g/mol. The number of imide groups is 1. The number of nitrogens with zero attached hydrogens (tertiary/aromatic N) is 2. The van der Waals surface area contributed by atoms with E-state index in [-0.39, 0.29) is 29.6 Å². The summed E-state index contributed by atoms with van der Waals surface area (Å²) in [4.78, 5) is 23.5. The zero-order chi connectivity index (χ0) is 18.5. The van der Waals surface area contributed by atoms with Crippen LogP contribution in [0.4, 0.5) is 9.18 Å². The maximum absolute atomic E-state index is 12.8. The van der Waals surface area contributed by atoms with Crippen molar-refractivity contribution in [1.29, 1.82) is 0 Å². The molecule has 0 bridgehead atoms. The molecule has 1 aromatic heterocycles. The number of thioether (sulfide) groups is 1. The molecule has 2 aromatic rings. The van der Waals surface area contributed by atoms with E-state index in [1.807, 2.05) is 0 Å². The maximum Gasteiger partial charge on any atom is 0.321 e. The third kappa shape index (κ3) is 5.45. The molecule has 1 saturated carbocycles. The van der Waals surface area contributed by atoms with E-state index >= 15 is 0 Å². The molecule has 1 unspecified atom stereocenters. The standard InChI is InChI=1S/C16H17FN4O4S/c1-9(14(22)19-15(23)18-11-4-5-11)26-16-21-20-13(25-16)8-24-12-6-2-10(17)3-7-12/h2-3,6-7,9,11H,4-5,8H2,1H3,(H2,18,19,22,23). The Morgan fingerprint density at radius 1 is 1.35 bits per heavy atom. The number of hydrogen-bond acceptors (Lipinski definition) is 7. The summed E-state index contributed by atoms with van der Waals surface area (Å²) in [5, 5.41) is 12.2. The van der Waals surface area contributed by atoms with Gasteiger partial charge >= 0.3 is 6.03 Å². The predicted molar refractivity (Wildman–Crippen MR) is 90.0 cm³/mol. The van der Waals surface area contributed by atoms with Crippen LogP contribution in [0.15, 0.2) is 33.9 Å². The van der Waals surface area contributed by atoms with E-state index in [1.165, 1.54) is 24.3 Å². The van der Waals surface area contributed by atoms with Crippen LogP contribution in [0.5, 0.6) is 5.75 Å². The molecular formula is C16H17FN4O4S. The Hall–Kier alpha value is -2.62. The Morgan fingerprint density at radius 3 is 2.77 bits per heavy atom. The number of carbonyl (C=O) groups excluding carboxylic acids is 2. The summed E-state index contributed by atoms with van der Waals surface area (Å²) in [6, 6.07) is 5.21. The lowest BCUT2D eigenvalue weighted by molar-refractivity contribution is -0.119. The Balaban J connectivity index is 1.45. The molecule has 10 heteroatoms. The highest BCUT2D eigenvalue weighted by Gasteiger charge is 2.25. The van der Waals surface area contributed by atoms with Gasteiger partial charge in [-0.25, -0.2) is 9.18 Å². The van der Waals surface area contributed by atoms with Gasteiger partial charge in [0.05, 0.1) is 5.25 Å². The van der Waals surface area contributed by atoms with E-state index in [1.54, 1.807) is 6.92 Å². The molecule has 0 radical (unpaired) electrons. The minimum Gasteiger partial charge on any atom is -0.484 e. The Kier molecular flexibility index (Phi) is 5.71. The van der Waals surface area contributed by atoms with Crippen LogP contribution in [0.3, 0.4) is 0 Å². The number of benzene rings is 1. The molecule has 1 fully saturated rings. The second-order valence-corrected chi connectivity index (χ2v) is 6.99. The molecule has 26 heavy (non-hydrogen) atoms. The van der Waals surface area contributed by atoms with Crippen LogP contribution in [0.1, 0.15) is 25.7 Å². The molecule has 0 spiro atoms. The highest BCUT2D eigenvalue weighted by Crippen LogP contribution is 2.23. The highest BCUT2D eigenvalue weighted by molar-refractivity contribution is 8.00. The van der Waals surface area contributed by atoms with Crippen molar-refractivity contribution >= 4 is 23.7 Å². The van der Waals surface area contributed by atoms with Crippen LogP contribution in [-0.4, -0.2) is 33.4 Å². The van der Waals surface area contributed by atoms with E-state index in [0.717, 1.165) is 24.6 Å². The number of carbonyl (C=O) groups is 2. The molecular weight excluding hydrogens is 363 g/mol. The van der Waals surface area contributed by atoms with Crippen LogP contribution >= 0.6 is 11.8 Å². The maximum atomic E-state index is 12.8. The van der Waals surface area contributed by atoms with Crippen LogP contribution in [-0.2, 0) is 11.4 Å². The van der Waals surface area contributed by atoms with Gasteiger partial charge in [-0.3, -0.25) is 10.1 Å². The van der Waals surface area contributed by atoms with Crippen molar-refractivity contribution < 1.29 is 23.1 Å². The predicted octanol–water partition coefficient (Wildman–Crippen LogP) is 2.26. The van der Waals surface area contributed by atoms with Gasteiger partial charge in [-0.2, -0.15) is 0 Å². The quantitative estimate of drug-likeness (QED) is 0.710. The second kappa shape index (κ2) is 8.17. The van der Waals surface area contributed by atoms with E-state index in [4.69, 9.17) is 9.15 Å². The first-order valence-corrected chi connectivity index (χ1v) is 8.86. The van der Waals surface area contributed by atoms with E-state index in [0.29, 0.717) is 5.75 Å². The average Bonchev–Trinajstić information content (AvgIpc) is 3.30. The minimum atomic E-state index is -0.591. The molecule has 1 heterocycles. The van der Waals surface area contributed by atoms with Gasteiger partial charge in [0.15, 0.2) is 6.61 Å². The zero-order valence-electron chi connectivity index (χ0n) is 13.9. The fourth-order valence-electron chi connectivity index (χ4n) is 1.89. The molecule has 8 nitrogen and oxygen atoms in total. The lowest BCUT2D eigenvalue weighted by atomic mass is 10.3. The number of nitrogens with one attached hydrogen (secondary N) is 2. The normalized spacial score (nSPS) is 14.5. The van der Waals surface area contributed by atoms with Crippen LogP contribution in [0, 0.1) is 5.82 Å². The third-order valence-electron chi connectivity index (χ3n) is 3.42. The van der Waals surface area contributed by atoms with E-state index in [2.05, 4.69) is 20.8 Å². The Bertz CT molecular complexity index is 779. The fourth-order valence-corrected chi connectivity index (χ4v) is 2.59. The number of rotatable bonds is 7. The van der Waals surface area contributed by atoms with E-state index < -0.39 is 17.2 Å². The number of urea groups is 1. The first kappa shape index (κ1) is 18.2. The Morgan fingerprint density at radius 2 is 2.08 bits per heavy atom. The molecule has 0 saturated heterocycles. The molecule has 1 aliphatic rings. The molecule has 1 aliphatic carbocycles. The molecule has 1 atom stereocenters. The summed E-state index contributed by atoms with van der Waals surface area (Å²) in [7, 11) is 0. The van der Waals surface area contributed by atoms with Gasteiger partial charge in [0.2, 0.25) is 5.91 Å². The number of halogens is 1. The number of aromatic nitrogens is 2. The number of amides is 3. The van der Waals surface area contributed by atoms with Crippen LogP contribution < -0.4 is 15.4 Å².